The number of hydrogen-bond acceptors (Lipinski definition) is 3. The molecule has 1 aliphatic rings. The Kier molecular flexibility index (Phi) is 4.07. The molecule has 1 fully saturated rings. The highest BCUT2D eigenvalue weighted by Gasteiger charge is 2.27. The zero-order valence-electron chi connectivity index (χ0n) is 11.5. The highest BCUT2D eigenvalue weighted by atomic mass is 15.3. The summed E-state index contributed by atoms with van der Waals surface area (Å²) in [4.78, 5) is 7.02. The van der Waals surface area contributed by atoms with E-state index in [1.807, 2.05) is 13.0 Å². The molecule has 2 N–H and O–H groups in total. The summed E-state index contributed by atoms with van der Waals surface area (Å²) < 4.78 is 2.17. The number of allylic oxidation sites excluding steroid dienone is 1. The zero-order chi connectivity index (χ0) is 13.1. The van der Waals surface area contributed by atoms with Crippen molar-refractivity contribution in [1.82, 2.24) is 9.55 Å². The van der Waals surface area contributed by atoms with Gasteiger partial charge in [-0.15, -0.1) is 6.58 Å². The van der Waals surface area contributed by atoms with Crippen LogP contribution in [0.1, 0.15) is 25.5 Å². The SMILES string of the molecule is C=CCn1cc(C)nc1N1CCC(N)C(CC)C1. The maximum absolute atomic E-state index is 6.16. The van der Waals surface area contributed by atoms with E-state index in [4.69, 9.17) is 5.73 Å². The number of aryl methyl sites for hydroxylation is 1. The van der Waals surface area contributed by atoms with E-state index in [-0.39, 0.29) is 0 Å². The van der Waals surface area contributed by atoms with Gasteiger partial charge >= 0.3 is 0 Å². The smallest absolute Gasteiger partial charge is 0.206 e. The molecule has 0 radical (unpaired) electrons. The van der Waals surface area contributed by atoms with Crippen LogP contribution in [-0.4, -0.2) is 28.7 Å². The average Bonchev–Trinajstić information content (AvgIpc) is 2.71. The van der Waals surface area contributed by atoms with E-state index in [2.05, 4.69) is 34.2 Å². The molecule has 0 aliphatic carbocycles. The molecule has 0 saturated carbocycles. The molecule has 2 rings (SSSR count). The van der Waals surface area contributed by atoms with Gasteiger partial charge in [0.2, 0.25) is 5.95 Å². The van der Waals surface area contributed by atoms with Crippen molar-refractivity contribution >= 4 is 5.95 Å². The highest BCUT2D eigenvalue weighted by Crippen LogP contribution is 2.24. The number of hydrogen-bond donors (Lipinski definition) is 1. The Morgan fingerprint density at radius 3 is 3.06 bits per heavy atom. The Bertz CT molecular complexity index is 410. The van der Waals surface area contributed by atoms with Crippen LogP contribution in [0.15, 0.2) is 18.9 Å². The maximum Gasteiger partial charge on any atom is 0.206 e. The van der Waals surface area contributed by atoms with Gasteiger partial charge in [-0.05, 0) is 19.3 Å². The van der Waals surface area contributed by atoms with Crippen LogP contribution in [-0.2, 0) is 6.54 Å². The third-order valence-electron chi connectivity index (χ3n) is 3.80. The lowest BCUT2D eigenvalue weighted by atomic mass is 9.91. The number of nitrogens with zero attached hydrogens (tertiary/aromatic N) is 3. The summed E-state index contributed by atoms with van der Waals surface area (Å²) in [5, 5.41) is 0. The normalized spacial score (nSPS) is 24.3. The van der Waals surface area contributed by atoms with Gasteiger partial charge in [0, 0.05) is 31.9 Å². The van der Waals surface area contributed by atoms with Gasteiger partial charge in [-0.2, -0.15) is 0 Å². The summed E-state index contributed by atoms with van der Waals surface area (Å²) in [6, 6.07) is 0.343. The Balaban J connectivity index is 2.18. The van der Waals surface area contributed by atoms with Gasteiger partial charge in [0.15, 0.2) is 0 Å². The van der Waals surface area contributed by atoms with Gasteiger partial charge in [0.25, 0.3) is 0 Å². The van der Waals surface area contributed by atoms with Crippen LogP contribution in [0.25, 0.3) is 0 Å². The lowest BCUT2D eigenvalue weighted by Gasteiger charge is -2.37. The molecule has 2 heterocycles. The average molecular weight is 248 g/mol. The molecule has 2 atom stereocenters. The Morgan fingerprint density at radius 2 is 2.39 bits per heavy atom. The third kappa shape index (κ3) is 2.58. The first-order valence-electron chi connectivity index (χ1n) is 6.80. The molecule has 2 unspecified atom stereocenters. The summed E-state index contributed by atoms with van der Waals surface area (Å²) in [5.41, 5.74) is 7.23. The van der Waals surface area contributed by atoms with Crippen LogP contribution in [0.3, 0.4) is 0 Å². The second-order valence-corrected chi connectivity index (χ2v) is 5.19. The fourth-order valence-corrected chi connectivity index (χ4v) is 2.72. The van der Waals surface area contributed by atoms with Gasteiger partial charge in [0.05, 0.1) is 5.69 Å². The number of anilines is 1. The molecule has 100 valence electrons. The Morgan fingerprint density at radius 1 is 1.61 bits per heavy atom. The highest BCUT2D eigenvalue weighted by molar-refractivity contribution is 5.35. The van der Waals surface area contributed by atoms with Crippen LogP contribution < -0.4 is 10.6 Å². The molecule has 1 aromatic heterocycles. The van der Waals surface area contributed by atoms with E-state index in [0.717, 1.165) is 44.1 Å². The number of imidazole rings is 1. The first kappa shape index (κ1) is 13.1. The van der Waals surface area contributed by atoms with Crippen LogP contribution in [0.2, 0.25) is 0 Å². The summed E-state index contributed by atoms with van der Waals surface area (Å²) in [7, 11) is 0. The number of rotatable bonds is 4. The molecular formula is C14H24N4. The van der Waals surface area contributed by atoms with Crippen LogP contribution in [0.4, 0.5) is 5.95 Å². The van der Waals surface area contributed by atoms with E-state index < -0.39 is 0 Å². The van der Waals surface area contributed by atoms with Gasteiger partial charge in [-0.25, -0.2) is 4.98 Å². The fourth-order valence-electron chi connectivity index (χ4n) is 2.72. The minimum Gasteiger partial charge on any atom is -0.342 e. The van der Waals surface area contributed by atoms with Crippen LogP contribution in [0, 0.1) is 12.8 Å². The van der Waals surface area contributed by atoms with Crippen molar-refractivity contribution in [3.05, 3.63) is 24.5 Å². The van der Waals surface area contributed by atoms with Crippen LogP contribution in [0.5, 0.6) is 0 Å². The predicted octanol–water partition coefficient (Wildman–Crippen LogP) is 1.94. The van der Waals surface area contributed by atoms with E-state index in [1.54, 1.807) is 0 Å². The molecule has 0 amide bonds. The third-order valence-corrected chi connectivity index (χ3v) is 3.80. The van der Waals surface area contributed by atoms with Crippen molar-refractivity contribution in [3.63, 3.8) is 0 Å². The maximum atomic E-state index is 6.16. The molecule has 1 aromatic rings. The van der Waals surface area contributed by atoms with Crippen molar-refractivity contribution in [3.8, 4) is 0 Å². The standard InChI is InChI=1S/C14H24N4/c1-4-7-17-9-11(3)16-14(17)18-8-6-13(15)12(5-2)10-18/h4,9,12-13H,1,5-8,10,15H2,2-3H3. The van der Waals surface area contributed by atoms with Gasteiger partial charge in [0.1, 0.15) is 0 Å². The number of piperidine rings is 1. The second kappa shape index (κ2) is 5.57. The summed E-state index contributed by atoms with van der Waals surface area (Å²) >= 11 is 0. The van der Waals surface area contributed by atoms with Gasteiger partial charge < -0.3 is 15.2 Å². The van der Waals surface area contributed by atoms with Gasteiger partial charge in [-0.1, -0.05) is 19.4 Å². The lowest BCUT2D eigenvalue weighted by molar-refractivity contribution is 0.344. The number of aromatic nitrogens is 2. The van der Waals surface area contributed by atoms with E-state index in [9.17, 15) is 0 Å². The molecule has 1 aliphatic heterocycles. The molecule has 18 heavy (non-hydrogen) atoms. The zero-order valence-corrected chi connectivity index (χ0v) is 11.5. The van der Waals surface area contributed by atoms with Crippen molar-refractivity contribution in [2.45, 2.75) is 39.3 Å². The molecule has 0 bridgehead atoms. The van der Waals surface area contributed by atoms with E-state index in [0.29, 0.717) is 12.0 Å². The number of nitrogens with two attached hydrogens (primary N) is 1. The van der Waals surface area contributed by atoms with Crippen molar-refractivity contribution in [2.24, 2.45) is 11.7 Å². The Labute approximate surface area is 109 Å². The molecule has 4 heteroatoms. The largest absolute Gasteiger partial charge is 0.342 e. The quantitative estimate of drug-likeness (QED) is 0.828. The van der Waals surface area contributed by atoms with E-state index >= 15 is 0 Å². The molecular weight excluding hydrogens is 224 g/mol. The fraction of sp³-hybridized carbons (Fsp3) is 0.643. The first-order valence-corrected chi connectivity index (χ1v) is 6.80. The summed E-state index contributed by atoms with van der Waals surface area (Å²) in [6.07, 6.45) is 6.20. The van der Waals surface area contributed by atoms with Crippen molar-refractivity contribution in [2.75, 3.05) is 18.0 Å². The van der Waals surface area contributed by atoms with E-state index in [1.165, 1.54) is 0 Å². The van der Waals surface area contributed by atoms with Crippen LogP contribution >= 0.6 is 0 Å². The molecule has 4 nitrogen and oxygen atoms in total. The molecule has 0 aromatic carbocycles. The van der Waals surface area contributed by atoms with Crippen molar-refractivity contribution in [1.29, 1.82) is 0 Å². The summed E-state index contributed by atoms with van der Waals surface area (Å²) in [5.74, 6) is 1.64. The minimum absolute atomic E-state index is 0.343. The lowest BCUT2D eigenvalue weighted by Crippen LogP contribution is -2.47. The van der Waals surface area contributed by atoms with Gasteiger partial charge in [-0.3, -0.25) is 0 Å². The summed E-state index contributed by atoms with van der Waals surface area (Å²) in [6.45, 7) is 10.9. The van der Waals surface area contributed by atoms with Crippen molar-refractivity contribution < 1.29 is 0 Å². The topological polar surface area (TPSA) is 47.1 Å². The monoisotopic (exact) mass is 248 g/mol. The minimum atomic E-state index is 0.343. The predicted molar refractivity (Wildman–Crippen MR) is 75.7 cm³/mol. The second-order valence-electron chi connectivity index (χ2n) is 5.19. The first-order chi connectivity index (χ1) is 8.65. The molecule has 0 spiro atoms. The molecule has 1 saturated heterocycles. The Hall–Kier alpha value is -1.29.